The first-order valence-electron chi connectivity index (χ1n) is 9.84. The predicted octanol–water partition coefficient (Wildman–Crippen LogP) is 4.07. The number of ether oxygens (including phenoxy) is 2. The number of benzene rings is 3. The van der Waals surface area contributed by atoms with Crippen LogP contribution >= 0.6 is 0 Å². The number of hydrogen-bond acceptors (Lipinski definition) is 4. The van der Waals surface area contributed by atoms with Gasteiger partial charge in [0.05, 0.1) is 5.92 Å². The summed E-state index contributed by atoms with van der Waals surface area (Å²) >= 11 is 0. The molecule has 2 aliphatic heterocycles. The number of carbonyl (C=O) groups is 2. The van der Waals surface area contributed by atoms with E-state index < -0.39 is 5.92 Å². The molecule has 0 radical (unpaired) electrons. The number of nitrogens with zero attached hydrogens (tertiary/aromatic N) is 1. The lowest BCUT2D eigenvalue weighted by Gasteiger charge is -2.17. The first-order valence-corrected chi connectivity index (χ1v) is 9.84. The first-order chi connectivity index (χ1) is 14.7. The summed E-state index contributed by atoms with van der Waals surface area (Å²) in [5.74, 6) is 0.620. The van der Waals surface area contributed by atoms with Crippen molar-refractivity contribution in [3.05, 3.63) is 72.8 Å². The molecule has 0 spiro atoms. The highest BCUT2D eigenvalue weighted by molar-refractivity contribution is 6.04. The van der Waals surface area contributed by atoms with Crippen LogP contribution in [0.2, 0.25) is 0 Å². The van der Waals surface area contributed by atoms with Crippen LogP contribution in [0.1, 0.15) is 6.42 Å². The van der Waals surface area contributed by atoms with Crippen molar-refractivity contribution in [2.45, 2.75) is 6.42 Å². The van der Waals surface area contributed by atoms with Crippen molar-refractivity contribution in [2.75, 3.05) is 23.6 Å². The van der Waals surface area contributed by atoms with Crippen molar-refractivity contribution >= 4 is 23.2 Å². The summed E-state index contributed by atoms with van der Waals surface area (Å²) in [6, 6.07) is 23.0. The summed E-state index contributed by atoms with van der Waals surface area (Å²) in [6.45, 7) is 0.510. The third kappa shape index (κ3) is 3.37. The molecule has 2 heterocycles. The quantitative estimate of drug-likeness (QED) is 0.717. The Morgan fingerprint density at radius 1 is 0.933 bits per heavy atom. The third-order valence-electron chi connectivity index (χ3n) is 5.43. The molecule has 150 valence electrons. The van der Waals surface area contributed by atoms with Crippen LogP contribution in [0.3, 0.4) is 0 Å². The van der Waals surface area contributed by atoms with Gasteiger partial charge in [0.2, 0.25) is 18.6 Å². The minimum atomic E-state index is -0.424. The molecule has 5 rings (SSSR count). The molecule has 0 aromatic heterocycles. The van der Waals surface area contributed by atoms with E-state index in [2.05, 4.69) is 5.32 Å². The van der Waals surface area contributed by atoms with Gasteiger partial charge < -0.3 is 19.7 Å². The molecule has 1 N–H and O–H groups in total. The van der Waals surface area contributed by atoms with Crippen molar-refractivity contribution in [1.29, 1.82) is 0 Å². The van der Waals surface area contributed by atoms with Gasteiger partial charge in [-0.3, -0.25) is 9.59 Å². The maximum Gasteiger partial charge on any atom is 0.231 e. The highest BCUT2D eigenvalue weighted by Crippen LogP contribution is 2.37. The van der Waals surface area contributed by atoms with Crippen LogP contribution in [0.4, 0.5) is 11.4 Å². The second-order valence-corrected chi connectivity index (χ2v) is 7.34. The lowest BCUT2D eigenvalue weighted by atomic mass is 10.0. The van der Waals surface area contributed by atoms with E-state index in [9.17, 15) is 9.59 Å². The number of fused-ring (bicyclic) bond motifs is 1. The zero-order valence-electron chi connectivity index (χ0n) is 16.2. The second kappa shape index (κ2) is 7.55. The maximum absolute atomic E-state index is 13.0. The van der Waals surface area contributed by atoms with E-state index in [-0.39, 0.29) is 25.0 Å². The molecule has 6 nitrogen and oxygen atoms in total. The van der Waals surface area contributed by atoms with Gasteiger partial charge in [-0.25, -0.2) is 0 Å². The lowest BCUT2D eigenvalue weighted by molar-refractivity contribution is -0.122. The fourth-order valence-corrected chi connectivity index (χ4v) is 3.88. The van der Waals surface area contributed by atoms with Gasteiger partial charge in [0.1, 0.15) is 0 Å². The fraction of sp³-hybridized carbons (Fsp3) is 0.167. The summed E-state index contributed by atoms with van der Waals surface area (Å²) in [4.78, 5) is 27.2. The second-order valence-electron chi connectivity index (χ2n) is 7.34. The molecule has 3 aromatic carbocycles. The SMILES string of the molecule is O=C(Nc1ccccc1-c1ccccc1)C1CC(=O)N(c2ccc3c(c2)OCO3)C1. The van der Waals surface area contributed by atoms with Gasteiger partial charge in [-0.15, -0.1) is 0 Å². The van der Waals surface area contributed by atoms with Crippen molar-refractivity contribution in [2.24, 2.45) is 5.92 Å². The number of amides is 2. The topological polar surface area (TPSA) is 67.9 Å². The molecule has 1 atom stereocenters. The third-order valence-corrected chi connectivity index (χ3v) is 5.43. The summed E-state index contributed by atoms with van der Waals surface area (Å²) < 4.78 is 10.7. The van der Waals surface area contributed by atoms with Crippen molar-refractivity contribution < 1.29 is 19.1 Å². The Hall–Kier alpha value is -3.80. The number of carbonyl (C=O) groups excluding carboxylic acids is 2. The molecular weight excluding hydrogens is 380 g/mol. The molecule has 0 saturated carbocycles. The van der Waals surface area contributed by atoms with Gasteiger partial charge in [-0.1, -0.05) is 48.5 Å². The predicted molar refractivity (Wildman–Crippen MR) is 114 cm³/mol. The zero-order chi connectivity index (χ0) is 20.5. The van der Waals surface area contributed by atoms with Crippen LogP contribution in [-0.2, 0) is 9.59 Å². The molecule has 1 unspecified atom stereocenters. The minimum absolute atomic E-state index is 0.0784. The Bertz CT molecular complexity index is 1110. The zero-order valence-corrected chi connectivity index (χ0v) is 16.2. The molecule has 1 saturated heterocycles. The average molecular weight is 400 g/mol. The molecular formula is C24H20N2O4. The smallest absolute Gasteiger partial charge is 0.231 e. The fourth-order valence-electron chi connectivity index (χ4n) is 3.88. The van der Waals surface area contributed by atoms with Crippen molar-refractivity contribution in [1.82, 2.24) is 0 Å². The number of nitrogens with one attached hydrogen (secondary N) is 1. The largest absolute Gasteiger partial charge is 0.454 e. The van der Waals surface area contributed by atoms with E-state index in [1.165, 1.54) is 0 Å². The summed E-state index contributed by atoms with van der Waals surface area (Å²) in [6.07, 6.45) is 0.174. The van der Waals surface area contributed by atoms with E-state index in [0.717, 1.165) is 16.8 Å². The van der Waals surface area contributed by atoms with E-state index in [1.807, 2.05) is 60.7 Å². The Labute approximate surface area is 174 Å². The van der Waals surface area contributed by atoms with Gasteiger partial charge in [0.25, 0.3) is 0 Å². The van der Waals surface area contributed by atoms with Gasteiger partial charge in [-0.05, 0) is 23.8 Å². The molecule has 2 amide bonds. The van der Waals surface area contributed by atoms with E-state index in [4.69, 9.17) is 9.47 Å². The van der Waals surface area contributed by atoms with Crippen molar-refractivity contribution in [3.8, 4) is 22.6 Å². The van der Waals surface area contributed by atoms with E-state index in [0.29, 0.717) is 23.7 Å². The van der Waals surface area contributed by atoms with Gasteiger partial charge in [0.15, 0.2) is 11.5 Å². The van der Waals surface area contributed by atoms with Crippen LogP contribution in [0.25, 0.3) is 11.1 Å². The molecule has 2 aliphatic rings. The molecule has 6 heteroatoms. The number of hydrogen-bond donors (Lipinski definition) is 1. The Kier molecular flexibility index (Phi) is 4.59. The Balaban J connectivity index is 1.33. The summed E-state index contributed by atoms with van der Waals surface area (Å²) in [7, 11) is 0. The number of rotatable bonds is 4. The van der Waals surface area contributed by atoms with Gasteiger partial charge in [0, 0.05) is 36.0 Å². The van der Waals surface area contributed by atoms with E-state index in [1.54, 1.807) is 17.0 Å². The standard InChI is InChI=1S/C24H20N2O4/c27-23-12-17(14-26(23)18-10-11-21-22(13-18)30-15-29-21)24(28)25-20-9-5-4-8-19(20)16-6-2-1-3-7-16/h1-11,13,17H,12,14-15H2,(H,25,28). The lowest BCUT2D eigenvalue weighted by Crippen LogP contribution is -2.28. The van der Waals surface area contributed by atoms with Crippen LogP contribution in [0, 0.1) is 5.92 Å². The maximum atomic E-state index is 13.0. The van der Waals surface area contributed by atoms with Crippen LogP contribution in [0.5, 0.6) is 11.5 Å². The number of para-hydroxylation sites is 1. The summed E-state index contributed by atoms with van der Waals surface area (Å²) in [5.41, 5.74) is 3.42. The van der Waals surface area contributed by atoms with Gasteiger partial charge in [-0.2, -0.15) is 0 Å². The van der Waals surface area contributed by atoms with Crippen LogP contribution in [-0.4, -0.2) is 25.2 Å². The highest BCUT2D eigenvalue weighted by Gasteiger charge is 2.36. The van der Waals surface area contributed by atoms with Crippen molar-refractivity contribution in [3.63, 3.8) is 0 Å². The molecule has 30 heavy (non-hydrogen) atoms. The van der Waals surface area contributed by atoms with Crippen LogP contribution in [0.15, 0.2) is 72.8 Å². The minimum Gasteiger partial charge on any atom is -0.454 e. The Morgan fingerprint density at radius 3 is 2.57 bits per heavy atom. The average Bonchev–Trinajstić information content (AvgIpc) is 3.40. The summed E-state index contributed by atoms with van der Waals surface area (Å²) in [5, 5.41) is 3.02. The first kappa shape index (κ1) is 18.2. The molecule has 0 aliphatic carbocycles. The van der Waals surface area contributed by atoms with E-state index >= 15 is 0 Å². The highest BCUT2D eigenvalue weighted by atomic mass is 16.7. The molecule has 0 bridgehead atoms. The van der Waals surface area contributed by atoms with Crippen LogP contribution < -0.4 is 19.7 Å². The monoisotopic (exact) mass is 400 g/mol. The normalized spacial score (nSPS) is 17.3. The van der Waals surface area contributed by atoms with Gasteiger partial charge >= 0.3 is 0 Å². The number of anilines is 2. The molecule has 3 aromatic rings. The molecule has 1 fully saturated rings. The Morgan fingerprint density at radius 2 is 1.70 bits per heavy atom.